The first-order valence-electron chi connectivity index (χ1n) is 5.48. The fraction of sp³-hybridized carbons (Fsp3) is 1.00. The summed E-state index contributed by atoms with van der Waals surface area (Å²) in [6.45, 7) is 0. The molecule has 0 atom stereocenters. The molecule has 12 heteroatoms. The molecule has 0 aliphatic rings. The second-order valence-electron chi connectivity index (χ2n) is 4.20. The quantitative estimate of drug-likeness (QED) is 0.278. The maximum atomic E-state index is 12.9. The monoisotopic (exact) mass is 356 g/mol. The number of hydrogen-bond donors (Lipinski definition) is 0. The Hall–Kier alpha value is 0.420. The minimum Gasteiger partial charge on any atom is -0.743 e. The van der Waals surface area contributed by atoms with E-state index in [-0.39, 0.29) is 48.8 Å². The van der Waals surface area contributed by atoms with Crippen molar-refractivity contribution in [2.24, 2.45) is 0 Å². The molecule has 0 saturated heterocycles. The van der Waals surface area contributed by atoms with Gasteiger partial charge in [0.15, 0.2) is 10.1 Å². The van der Waals surface area contributed by atoms with Crippen molar-refractivity contribution in [1.82, 2.24) is 0 Å². The zero-order valence-corrected chi connectivity index (χ0v) is 13.8. The maximum absolute atomic E-state index is 12.9. The normalized spacial score (nSPS) is 13.9. The summed E-state index contributed by atoms with van der Waals surface area (Å²) in [5.74, 6) is -5.04. The Labute approximate surface area is 139 Å². The van der Waals surface area contributed by atoms with Crippen LogP contribution in [0.25, 0.3) is 0 Å². The summed E-state index contributed by atoms with van der Waals surface area (Å²) >= 11 is 0. The molecule has 0 aliphatic carbocycles. The molecule has 21 heavy (non-hydrogen) atoms. The number of hydrogen-bond acceptors (Lipinski definition) is 3. The standard InChI is InChI=1S/C9H13F7O3S.Na/c10-7(11,9(15,16)20(17,18)19)5-3-1-2-4-6-8(12,13)14;/h1-6H2,(H,17,18,19);/q;+1/p-1. The van der Waals surface area contributed by atoms with E-state index in [1.165, 1.54) is 0 Å². The average molecular weight is 356 g/mol. The molecule has 0 unspecified atom stereocenters. The van der Waals surface area contributed by atoms with Crippen molar-refractivity contribution in [2.45, 2.75) is 55.9 Å². The van der Waals surface area contributed by atoms with Crippen molar-refractivity contribution in [3.05, 3.63) is 0 Å². The van der Waals surface area contributed by atoms with Crippen molar-refractivity contribution in [1.29, 1.82) is 0 Å². The van der Waals surface area contributed by atoms with E-state index >= 15 is 0 Å². The minimum atomic E-state index is -6.51. The smallest absolute Gasteiger partial charge is 0.743 e. The Morgan fingerprint density at radius 3 is 1.48 bits per heavy atom. The van der Waals surface area contributed by atoms with Gasteiger partial charge in [-0.15, -0.1) is 0 Å². The van der Waals surface area contributed by atoms with E-state index < -0.39 is 46.7 Å². The van der Waals surface area contributed by atoms with Gasteiger partial charge in [0, 0.05) is 12.8 Å². The third-order valence-corrected chi connectivity index (χ3v) is 3.37. The maximum Gasteiger partial charge on any atom is 1.00 e. The van der Waals surface area contributed by atoms with Crippen LogP contribution in [0.1, 0.15) is 38.5 Å². The Bertz CT molecular complexity index is 408. The summed E-state index contributed by atoms with van der Waals surface area (Å²) in [6.07, 6.45) is -8.37. The average Bonchev–Trinajstić information content (AvgIpc) is 2.19. The summed E-state index contributed by atoms with van der Waals surface area (Å²) in [4.78, 5) is 0. The SMILES string of the molecule is O=S(=O)([O-])C(F)(F)C(F)(F)CCCCCCC(F)(F)F.[Na+]. The molecule has 0 heterocycles. The summed E-state index contributed by atoms with van der Waals surface area (Å²) in [6, 6.07) is 0. The predicted molar refractivity (Wildman–Crippen MR) is 53.3 cm³/mol. The summed E-state index contributed by atoms with van der Waals surface area (Å²) in [5.41, 5.74) is 0. The Morgan fingerprint density at radius 2 is 1.14 bits per heavy atom. The molecule has 0 N–H and O–H groups in total. The van der Waals surface area contributed by atoms with Crippen LogP contribution in [0.3, 0.4) is 0 Å². The third-order valence-electron chi connectivity index (χ3n) is 2.44. The number of alkyl halides is 7. The third kappa shape index (κ3) is 8.00. The van der Waals surface area contributed by atoms with Gasteiger partial charge in [0.05, 0.1) is 0 Å². The van der Waals surface area contributed by atoms with Crippen molar-refractivity contribution >= 4 is 10.1 Å². The molecule has 0 bridgehead atoms. The molecular formula is C9H12F7NaO3S. The van der Waals surface area contributed by atoms with E-state index in [1.807, 2.05) is 0 Å². The van der Waals surface area contributed by atoms with E-state index in [9.17, 15) is 43.7 Å². The molecule has 0 aromatic carbocycles. The molecule has 0 amide bonds. The topological polar surface area (TPSA) is 57.2 Å². The Morgan fingerprint density at radius 1 is 0.762 bits per heavy atom. The fourth-order valence-corrected chi connectivity index (χ4v) is 1.82. The molecule has 0 aliphatic heterocycles. The molecule has 0 radical (unpaired) electrons. The zero-order valence-electron chi connectivity index (χ0n) is 11.0. The van der Waals surface area contributed by atoms with Crippen LogP contribution in [0.2, 0.25) is 0 Å². The van der Waals surface area contributed by atoms with Gasteiger partial charge in [0.2, 0.25) is 0 Å². The van der Waals surface area contributed by atoms with Crippen LogP contribution in [0.5, 0.6) is 0 Å². The Balaban J connectivity index is 0. The van der Waals surface area contributed by atoms with Crippen LogP contribution in [-0.2, 0) is 10.1 Å². The molecule has 0 rings (SSSR count). The second-order valence-corrected chi connectivity index (χ2v) is 5.63. The zero-order chi connectivity index (χ0) is 16.2. The first-order valence-corrected chi connectivity index (χ1v) is 6.89. The predicted octanol–water partition coefficient (Wildman–Crippen LogP) is 0.667. The van der Waals surface area contributed by atoms with Crippen LogP contribution in [-0.4, -0.2) is 30.3 Å². The van der Waals surface area contributed by atoms with Gasteiger partial charge >= 0.3 is 46.9 Å². The van der Waals surface area contributed by atoms with Gasteiger partial charge in [0.25, 0.3) is 0 Å². The molecule has 122 valence electrons. The minimum absolute atomic E-state index is 0. The van der Waals surface area contributed by atoms with Gasteiger partial charge in [0.1, 0.15) is 0 Å². The molecule has 0 aromatic heterocycles. The van der Waals surface area contributed by atoms with E-state index in [1.54, 1.807) is 0 Å². The molecule has 0 aromatic rings. The largest absolute Gasteiger partial charge is 1.00 e. The van der Waals surface area contributed by atoms with Crippen LogP contribution < -0.4 is 29.6 Å². The summed E-state index contributed by atoms with van der Waals surface area (Å²) < 4.78 is 116. The fourth-order valence-electron chi connectivity index (χ4n) is 1.35. The number of unbranched alkanes of at least 4 members (excludes halogenated alkanes) is 3. The van der Waals surface area contributed by atoms with E-state index in [4.69, 9.17) is 0 Å². The van der Waals surface area contributed by atoms with Crippen molar-refractivity contribution in [3.63, 3.8) is 0 Å². The van der Waals surface area contributed by atoms with Crippen LogP contribution >= 0.6 is 0 Å². The second kappa shape index (κ2) is 8.32. The van der Waals surface area contributed by atoms with E-state index in [0.29, 0.717) is 0 Å². The van der Waals surface area contributed by atoms with Gasteiger partial charge < -0.3 is 4.55 Å². The van der Waals surface area contributed by atoms with Crippen LogP contribution in [0, 0.1) is 0 Å². The van der Waals surface area contributed by atoms with E-state index in [0.717, 1.165) is 0 Å². The molecule has 3 nitrogen and oxygen atoms in total. The summed E-state index contributed by atoms with van der Waals surface area (Å²) in [7, 11) is -6.51. The first-order chi connectivity index (χ1) is 8.71. The van der Waals surface area contributed by atoms with Gasteiger partial charge in [-0.25, -0.2) is 8.42 Å². The van der Waals surface area contributed by atoms with Crippen molar-refractivity contribution < 1.29 is 73.3 Å². The number of halogens is 7. The van der Waals surface area contributed by atoms with E-state index in [2.05, 4.69) is 0 Å². The molecule has 0 saturated carbocycles. The van der Waals surface area contributed by atoms with Crippen molar-refractivity contribution in [3.8, 4) is 0 Å². The summed E-state index contributed by atoms with van der Waals surface area (Å²) in [5, 5.41) is -5.73. The van der Waals surface area contributed by atoms with Gasteiger partial charge in [-0.05, 0) is 12.8 Å². The van der Waals surface area contributed by atoms with Gasteiger partial charge in [-0.1, -0.05) is 12.8 Å². The first kappa shape index (κ1) is 23.7. The number of rotatable bonds is 8. The van der Waals surface area contributed by atoms with Gasteiger partial charge in [-0.2, -0.15) is 30.7 Å². The van der Waals surface area contributed by atoms with Crippen LogP contribution in [0.15, 0.2) is 0 Å². The molecule has 0 fully saturated rings. The molecular weight excluding hydrogens is 344 g/mol. The van der Waals surface area contributed by atoms with Crippen LogP contribution in [0.4, 0.5) is 30.7 Å². The Kier molecular flexibility index (Phi) is 9.39. The molecule has 0 spiro atoms. The van der Waals surface area contributed by atoms with Gasteiger partial charge in [-0.3, -0.25) is 0 Å². The van der Waals surface area contributed by atoms with Crippen molar-refractivity contribution in [2.75, 3.05) is 0 Å².